The summed E-state index contributed by atoms with van der Waals surface area (Å²) in [7, 11) is 5.96. The third kappa shape index (κ3) is 1.91. The molecule has 20 heavy (non-hydrogen) atoms. The van der Waals surface area contributed by atoms with E-state index in [0.29, 0.717) is 0 Å². The van der Waals surface area contributed by atoms with Gasteiger partial charge in [0.1, 0.15) is 5.52 Å². The molecule has 3 aromatic heterocycles. The van der Waals surface area contributed by atoms with Crippen molar-refractivity contribution in [3.05, 3.63) is 36.3 Å². The first-order valence-electron chi connectivity index (χ1n) is 6.49. The molecular weight excluding hydrogens is 250 g/mol. The van der Waals surface area contributed by atoms with E-state index >= 15 is 0 Å². The number of nitrogens with zero attached hydrogens (tertiary/aromatic N) is 5. The molecule has 0 aromatic carbocycles. The predicted octanol–water partition coefficient (Wildman–Crippen LogP) is 2.40. The average molecular weight is 267 g/mol. The molecule has 3 aromatic rings. The van der Waals surface area contributed by atoms with E-state index in [1.54, 1.807) is 12.4 Å². The topological polar surface area (TPSA) is 46.8 Å². The van der Waals surface area contributed by atoms with Crippen LogP contribution in [-0.4, -0.2) is 33.6 Å². The molecule has 102 valence electrons. The Labute approximate surface area is 117 Å². The summed E-state index contributed by atoms with van der Waals surface area (Å²) < 4.78 is 2.01. The monoisotopic (exact) mass is 267 g/mol. The van der Waals surface area contributed by atoms with Gasteiger partial charge in [0, 0.05) is 44.8 Å². The largest absolute Gasteiger partial charge is 0.348 e. The number of pyridine rings is 2. The Morgan fingerprint density at radius 2 is 1.80 bits per heavy atom. The van der Waals surface area contributed by atoms with E-state index in [0.717, 1.165) is 33.9 Å². The lowest BCUT2D eigenvalue weighted by Gasteiger charge is -2.10. The van der Waals surface area contributed by atoms with Crippen LogP contribution in [0.2, 0.25) is 0 Å². The summed E-state index contributed by atoms with van der Waals surface area (Å²) in [6, 6.07) is 6.08. The van der Waals surface area contributed by atoms with Crippen molar-refractivity contribution in [2.45, 2.75) is 6.92 Å². The van der Waals surface area contributed by atoms with Gasteiger partial charge in [-0.05, 0) is 30.7 Å². The fraction of sp³-hybridized carbons (Fsp3) is 0.267. The number of aromatic nitrogens is 4. The molecule has 0 atom stereocenters. The minimum Gasteiger partial charge on any atom is -0.348 e. The molecule has 0 fully saturated rings. The molecule has 0 spiro atoms. The zero-order valence-corrected chi connectivity index (χ0v) is 12.1. The van der Waals surface area contributed by atoms with Gasteiger partial charge in [-0.15, -0.1) is 0 Å². The molecule has 3 heterocycles. The van der Waals surface area contributed by atoms with Crippen molar-refractivity contribution in [2.24, 2.45) is 7.05 Å². The molecule has 0 saturated heterocycles. The van der Waals surface area contributed by atoms with Gasteiger partial charge in [-0.3, -0.25) is 9.55 Å². The molecule has 0 unspecified atom stereocenters. The third-order valence-electron chi connectivity index (χ3n) is 3.40. The van der Waals surface area contributed by atoms with Crippen LogP contribution in [0.1, 0.15) is 5.69 Å². The summed E-state index contributed by atoms with van der Waals surface area (Å²) in [4.78, 5) is 15.4. The smallest absolute Gasteiger partial charge is 0.206 e. The Morgan fingerprint density at radius 3 is 2.45 bits per heavy atom. The van der Waals surface area contributed by atoms with E-state index in [4.69, 9.17) is 4.98 Å². The summed E-state index contributed by atoms with van der Waals surface area (Å²) in [5.41, 5.74) is 5.03. The maximum Gasteiger partial charge on any atom is 0.206 e. The van der Waals surface area contributed by atoms with Crippen molar-refractivity contribution in [3.63, 3.8) is 0 Å². The number of imidazole rings is 1. The van der Waals surface area contributed by atoms with Crippen LogP contribution in [0.3, 0.4) is 0 Å². The first-order chi connectivity index (χ1) is 9.58. The van der Waals surface area contributed by atoms with E-state index in [1.165, 1.54) is 0 Å². The highest BCUT2D eigenvalue weighted by atomic mass is 15.3. The van der Waals surface area contributed by atoms with Gasteiger partial charge in [-0.1, -0.05) is 0 Å². The minimum atomic E-state index is 0.902. The van der Waals surface area contributed by atoms with Gasteiger partial charge in [-0.25, -0.2) is 9.97 Å². The van der Waals surface area contributed by atoms with Gasteiger partial charge in [0.15, 0.2) is 5.65 Å². The van der Waals surface area contributed by atoms with Crippen LogP contribution in [0.5, 0.6) is 0 Å². The Bertz CT molecular complexity index is 759. The summed E-state index contributed by atoms with van der Waals surface area (Å²) in [6.07, 6.45) is 3.59. The predicted molar refractivity (Wildman–Crippen MR) is 80.8 cm³/mol. The van der Waals surface area contributed by atoms with Gasteiger partial charge >= 0.3 is 0 Å². The van der Waals surface area contributed by atoms with Gasteiger partial charge in [0.2, 0.25) is 5.95 Å². The van der Waals surface area contributed by atoms with E-state index in [-0.39, 0.29) is 0 Å². The van der Waals surface area contributed by atoms with Gasteiger partial charge in [0.05, 0.1) is 0 Å². The van der Waals surface area contributed by atoms with E-state index in [1.807, 2.05) is 49.7 Å². The summed E-state index contributed by atoms with van der Waals surface area (Å²) >= 11 is 0. The van der Waals surface area contributed by atoms with E-state index < -0.39 is 0 Å². The molecule has 0 amide bonds. The molecular formula is C15H17N5. The van der Waals surface area contributed by atoms with Crippen LogP contribution in [-0.2, 0) is 7.05 Å². The van der Waals surface area contributed by atoms with Crippen molar-refractivity contribution in [1.29, 1.82) is 0 Å². The second kappa shape index (κ2) is 4.59. The fourth-order valence-corrected chi connectivity index (χ4v) is 2.41. The lowest BCUT2D eigenvalue weighted by molar-refractivity contribution is 0.878. The summed E-state index contributed by atoms with van der Waals surface area (Å²) in [5.74, 6) is 0.902. The molecule has 3 rings (SSSR count). The van der Waals surface area contributed by atoms with Crippen LogP contribution in [0, 0.1) is 6.92 Å². The maximum absolute atomic E-state index is 4.71. The van der Waals surface area contributed by atoms with E-state index in [9.17, 15) is 0 Å². The van der Waals surface area contributed by atoms with Gasteiger partial charge in [-0.2, -0.15) is 0 Å². The maximum atomic E-state index is 4.71. The molecule has 5 nitrogen and oxygen atoms in total. The molecule has 0 bridgehead atoms. The van der Waals surface area contributed by atoms with Crippen LogP contribution >= 0.6 is 0 Å². The Balaban J connectivity index is 2.25. The number of hydrogen-bond acceptors (Lipinski definition) is 4. The number of rotatable bonds is 2. The second-order valence-electron chi connectivity index (χ2n) is 5.07. The lowest BCUT2D eigenvalue weighted by atomic mass is 10.1. The second-order valence-corrected chi connectivity index (χ2v) is 5.07. The molecule has 0 N–H and O–H groups in total. The van der Waals surface area contributed by atoms with Crippen LogP contribution in [0.25, 0.3) is 22.3 Å². The SMILES string of the molecule is Cc1nc2c(cc1-c1ccncc1)nc(N(C)C)n2C. The standard InChI is InChI=1S/C15H17N5/c1-10-12(11-5-7-16-8-6-11)9-13-14(17-10)20(4)15(18-13)19(2)3/h5-9H,1-4H3. The van der Waals surface area contributed by atoms with Crippen molar-refractivity contribution < 1.29 is 0 Å². The van der Waals surface area contributed by atoms with Gasteiger partial charge < -0.3 is 4.90 Å². The number of aryl methyl sites for hydroxylation is 2. The molecule has 0 aliphatic heterocycles. The van der Waals surface area contributed by atoms with Crippen molar-refractivity contribution in [2.75, 3.05) is 19.0 Å². The molecule has 0 saturated carbocycles. The van der Waals surface area contributed by atoms with Gasteiger partial charge in [0.25, 0.3) is 0 Å². The first kappa shape index (κ1) is 12.6. The number of fused-ring (bicyclic) bond motifs is 1. The zero-order chi connectivity index (χ0) is 14.3. The molecule has 0 radical (unpaired) electrons. The number of hydrogen-bond donors (Lipinski definition) is 0. The molecule has 0 aliphatic rings. The van der Waals surface area contributed by atoms with Crippen molar-refractivity contribution >= 4 is 17.1 Å². The van der Waals surface area contributed by atoms with Crippen LogP contribution in [0.15, 0.2) is 30.6 Å². The zero-order valence-electron chi connectivity index (χ0n) is 12.1. The highest BCUT2D eigenvalue weighted by Crippen LogP contribution is 2.27. The van der Waals surface area contributed by atoms with Crippen molar-refractivity contribution in [3.8, 4) is 11.1 Å². The Hall–Kier alpha value is -2.43. The lowest BCUT2D eigenvalue weighted by Crippen LogP contribution is -2.13. The highest BCUT2D eigenvalue weighted by Gasteiger charge is 2.13. The van der Waals surface area contributed by atoms with E-state index in [2.05, 4.69) is 16.0 Å². The fourth-order valence-electron chi connectivity index (χ4n) is 2.41. The summed E-state index contributed by atoms with van der Waals surface area (Å²) in [5, 5.41) is 0. The highest BCUT2D eigenvalue weighted by molar-refractivity contribution is 5.82. The third-order valence-corrected chi connectivity index (χ3v) is 3.40. The van der Waals surface area contributed by atoms with Crippen LogP contribution < -0.4 is 4.90 Å². The number of anilines is 1. The minimum absolute atomic E-state index is 0.902. The normalized spacial score (nSPS) is 11.0. The molecule has 5 heteroatoms. The van der Waals surface area contributed by atoms with Crippen LogP contribution in [0.4, 0.5) is 5.95 Å². The Kier molecular flexibility index (Phi) is 2.89. The van der Waals surface area contributed by atoms with Crippen molar-refractivity contribution in [1.82, 2.24) is 19.5 Å². The average Bonchev–Trinajstić information content (AvgIpc) is 2.76. The quantitative estimate of drug-likeness (QED) is 0.715. The Morgan fingerprint density at radius 1 is 1.10 bits per heavy atom. The molecule has 0 aliphatic carbocycles. The first-order valence-corrected chi connectivity index (χ1v) is 6.49. The summed E-state index contributed by atoms with van der Waals surface area (Å²) in [6.45, 7) is 2.03.